The lowest BCUT2D eigenvalue weighted by molar-refractivity contribution is -0.139. The van der Waals surface area contributed by atoms with Crippen molar-refractivity contribution in [3.8, 4) is 11.4 Å². The molecule has 3 rings (SSSR count). The van der Waals surface area contributed by atoms with Crippen molar-refractivity contribution in [2.45, 2.75) is 26.3 Å². The van der Waals surface area contributed by atoms with Gasteiger partial charge >= 0.3 is 5.97 Å². The molecular weight excluding hydrogens is 342 g/mol. The molecule has 1 amide bonds. The van der Waals surface area contributed by atoms with Gasteiger partial charge in [0.2, 0.25) is 0 Å². The zero-order valence-electron chi connectivity index (χ0n) is 15.2. The number of amides is 1. The molecule has 2 heterocycles. The van der Waals surface area contributed by atoms with Gasteiger partial charge in [0, 0.05) is 11.6 Å². The first-order valence-corrected chi connectivity index (χ1v) is 8.80. The van der Waals surface area contributed by atoms with E-state index in [2.05, 4.69) is 15.3 Å². The van der Waals surface area contributed by atoms with Crippen LogP contribution < -0.4 is 5.32 Å². The number of benzene rings is 1. The van der Waals surface area contributed by atoms with E-state index in [1.807, 2.05) is 50.2 Å². The number of carbonyl (C=O) groups excluding carboxylic acids is 1. The number of aromatic nitrogens is 2. The summed E-state index contributed by atoms with van der Waals surface area (Å²) < 4.78 is 0. The van der Waals surface area contributed by atoms with Crippen LogP contribution in [0.1, 0.15) is 30.6 Å². The van der Waals surface area contributed by atoms with Crippen molar-refractivity contribution in [3.05, 3.63) is 60.3 Å². The quantitative estimate of drug-likeness (QED) is 0.699. The van der Waals surface area contributed by atoms with Gasteiger partial charge in [-0.3, -0.25) is 9.78 Å². The fraction of sp³-hybridized carbons (Fsp3) is 0.238. The Morgan fingerprint density at radius 2 is 1.81 bits per heavy atom. The fourth-order valence-corrected chi connectivity index (χ4v) is 2.94. The summed E-state index contributed by atoms with van der Waals surface area (Å²) in [4.78, 5) is 33.3. The highest BCUT2D eigenvalue weighted by molar-refractivity contribution is 6.08. The van der Waals surface area contributed by atoms with Crippen LogP contribution >= 0.6 is 0 Å². The maximum Gasteiger partial charge on any atom is 0.326 e. The molecule has 27 heavy (non-hydrogen) atoms. The second-order valence-corrected chi connectivity index (χ2v) is 6.78. The summed E-state index contributed by atoms with van der Waals surface area (Å²) in [5.41, 5.74) is 2.25. The Balaban J connectivity index is 2.04. The molecule has 6 nitrogen and oxygen atoms in total. The van der Waals surface area contributed by atoms with Gasteiger partial charge in [-0.15, -0.1) is 0 Å². The van der Waals surface area contributed by atoms with Crippen molar-refractivity contribution < 1.29 is 14.7 Å². The molecule has 1 aromatic carbocycles. The van der Waals surface area contributed by atoms with Gasteiger partial charge in [-0.05, 0) is 36.6 Å². The normalized spacial score (nSPS) is 12.1. The minimum atomic E-state index is -1.04. The van der Waals surface area contributed by atoms with Gasteiger partial charge in [0.05, 0.1) is 22.5 Å². The van der Waals surface area contributed by atoms with Gasteiger partial charge in [0.25, 0.3) is 5.91 Å². The molecule has 0 aliphatic heterocycles. The molecule has 0 saturated heterocycles. The zero-order chi connectivity index (χ0) is 19.4. The van der Waals surface area contributed by atoms with Crippen molar-refractivity contribution in [2.24, 2.45) is 5.92 Å². The molecule has 0 spiro atoms. The number of aliphatic carboxylic acids is 1. The van der Waals surface area contributed by atoms with Crippen LogP contribution in [0, 0.1) is 5.92 Å². The van der Waals surface area contributed by atoms with E-state index in [1.165, 1.54) is 0 Å². The van der Waals surface area contributed by atoms with Gasteiger partial charge in [0.15, 0.2) is 0 Å². The molecule has 0 saturated carbocycles. The number of fused-ring (bicyclic) bond motifs is 1. The summed E-state index contributed by atoms with van der Waals surface area (Å²) in [6.07, 6.45) is 2.02. The van der Waals surface area contributed by atoms with Crippen molar-refractivity contribution >= 4 is 22.8 Å². The summed E-state index contributed by atoms with van der Waals surface area (Å²) in [5, 5.41) is 12.7. The second-order valence-electron chi connectivity index (χ2n) is 6.78. The summed E-state index contributed by atoms with van der Waals surface area (Å²) in [6.45, 7) is 3.84. The number of carboxylic acids is 1. The molecule has 0 unspecified atom stereocenters. The van der Waals surface area contributed by atoms with Gasteiger partial charge in [-0.2, -0.15) is 0 Å². The van der Waals surface area contributed by atoms with Gasteiger partial charge < -0.3 is 10.4 Å². The minimum Gasteiger partial charge on any atom is -0.480 e. The van der Waals surface area contributed by atoms with Crippen molar-refractivity contribution in [1.82, 2.24) is 15.3 Å². The predicted molar refractivity (Wildman–Crippen MR) is 103 cm³/mol. The maximum atomic E-state index is 12.9. The third kappa shape index (κ3) is 4.28. The molecule has 0 aliphatic carbocycles. The highest BCUT2D eigenvalue weighted by atomic mass is 16.4. The molecule has 0 radical (unpaired) electrons. The molecule has 2 N–H and O–H groups in total. The van der Waals surface area contributed by atoms with Crippen LogP contribution in [0.15, 0.2) is 54.7 Å². The van der Waals surface area contributed by atoms with E-state index in [1.54, 1.807) is 18.3 Å². The highest BCUT2D eigenvalue weighted by Crippen LogP contribution is 2.24. The fourth-order valence-electron chi connectivity index (χ4n) is 2.94. The number of hydrogen-bond donors (Lipinski definition) is 2. The lowest BCUT2D eigenvalue weighted by Crippen LogP contribution is -2.41. The Morgan fingerprint density at radius 3 is 2.48 bits per heavy atom. The van der Waals surface area contributed by atoms with Crippen LogP contribution in [0.3, 0.4) is 0 Å². The van der Waals surface area contributed by atoms with Crippen molar-refractivity contribution in [1.29, 1.82) is 0 Å². The first-order valence-electron chi connectivity index (χ1n) is 8.80. The third-order valence-electron chi connectivity index (χ3n) is 4.20. The number of carbonyl (C=O) groups is 2. The topological polar surface area (TPSA) is 92.2 Å². The number of nitrogens with zero attached hydrogens (tertiary/aromatic N) is 2. The maximum absolute atomic E-state index is 12.9. The van der Waals surface area contributed by atoms with Crippen LogP contribution in [0.25, 0.3) is 22.3 Å². The Hall–Kier alpha value is -3.28. The number of pyridine rings is 2. The van der Waals surface area contributed by atoms with Crippen molar-refractivity contribution in [3.63, 3.8) is 0 Å². The van der Waals surface area contributed by atoms with Crippen LogP contribution in [-0.4, -0.2) is 33.0 Å². The Labute approximate surface area is 157 Å². The average Bonchev–Trinajstić information content (AvgIpc) is 2.66. The Morgan fingerprint density at radius 1 is 1.07 bits per heavy atom. The molecule has 0 fully saturated rings. The monoisotopic (exact) mass is 363 g/mol. The smallest absolute Gasteiger partial charge is 0.326 e. The van der Waals surface area contributed by atoms with Crippen LogP contribution in [0.4, 0.5) is 0 Å². The summed E-state index contributed by atoms with van der Waals surface area (Å²) >= 11 is 0. The highest BCUT2D eigenvalue weighted by Gasteiger charge is 2.23. The lowest BCUT2D eigenvalue weighted by atomic mass is 10.0. The largest absolute Gasteiger partial charge is 0.480 e. The summed E-state index contributed by atoms with van der Waals surface area (Å²) in [7, 11) is 0. The number of para-hydroxylation sites is 1. The average molecular weight is 363 g/mol. The van der Waals surface area contributed by atoms with E-state index in [0.29, 0.717) is 34.3 Å². The Bertz CT molecular complexity index is 971. The van der Waals surface area contributed by atoms with E-state index >= 15 is 0 Å². The Kier molecular flexibility index (Phi) is 5.45. The summed E-state index contributed by atoms with van der Waals surface area (Å²) in [6, 6.07) is 13.5. The lowest BCUT2D eigenvalue weighted by Gasteiger charge is -2.17. The van der Waals surface area contributed by atoms with Gasteiger partial charge in [0.1, 0.15) is 6.04 Å². The number of rotatable bonds is 6. The molecule has 0 aliphatic rings. The van der Waals surface area contributed by atoms with Crippen LogP contribution in [-0.2, 0) is 4.79 Å². The first kappa shape index (κ1) is 18.5. The van der Waals surface area contributed by atoms with E-state index in [4.69, 9.17) is 0 Å². The number of carboxylic acid groups (broad SMARTS) is 1. The van der Waals surface area contributed by atoms with Gasteiger partial charge in [-0.1, -0.05) is 38.1 Å². The third-order valence-corrected chi connectivity index (χ3v) is 4.20. The molecule has 2 aromatic heterocycles. The van der Waals surface area contributed by atoms with E-state index in [9.17, 15) is 14.7 Å². The number of nitrogens with one attached hydrogen (secondary N) is 1. The summed E-state index contributed by atoms with van der Waals surface area (Å²) in [5.74, 6) is -1.33. The number of hydrogen-bond acceptors (Lipinski definition) is 4. The first-order chi connectivity index (χ1) is 13.0. The van der Waals surface area contributed by atoms with E-state index < -0.39 is 17.9 Å². The molecule has 0 bridgehead atoms. The molecule has 3 aromatic rings. The second kappa shape index (κ2) is 7.95. The van der Waals surface area contributed by atoms with Crippen LogP contribution in [0.2, 0.25) is 0 Å². The molecular formula is C21H21N3O3. The van der Waals surface area contributed by atoms with Gasteiger partial charge in [-0.25, -0.2) is 9.78 Å². The minimum absolute atomic E-state index is 0.143. The van der Waals surface area contributed by atoms with E-state index in [0.717, 1.165) is 0 Å². The van der Waals surface area contributed by atoms with Crippen molar-refractivity contribution in [2.75, 3.05) is 0 Å². The molecule has 138 valence electrons. The molecule has 1 atom stereocenters. The van der Waals surface area contributed by atoms with Crippen LogP contribution in [0.5, 0.6) is 0 Å². The standard InChI is InChI=1S/C21H21N3O3/c1-13(2)11-19(21(26)27)24-20(25)15-12-18(17-9-5-6-10-22-17)23-16-8-4-3-7-14(15)16/h3-10,12-13,19H,11H2,1-2H3,(H,24,25)(H,26,27)/t19-/m1/s1. The van der Waals surface area contributed by atoms with E-state index in [-0.39, 0.29) is 5.92 Å². The SMILES string of the molecule is CC(C)C[C@@H](NC(=O)c1cc(-c2ccccn2)nc2ccccc12)C(=O)O. The predicted octanol–water partition coefficient (Wildman–Crippen LogP) is 3.53. The molecule has 6 heteroatoms. The zero-order valence-corrected chi connectivity index (χ0v) is 15.2.